The highest BCUT2D eigenvalue weighted by Crippen LogP contribution is 2.16. The first-order chi connectivity index (χ1) is 4.20. The summed E-state index contributed by atoms with van der Waals surface area (Å²) in [6.45, 7) is 1.82. The van der Waals surface area contributed by atoms with Crippen LogP contribution in [-0.2, 0) is 0 Å². The van der Waals surface area contributed by atoms with Crippen molar-refractivity contribution in [1.82, 2.24) is 0 Å². The van der Waals surface area contributed by atoms with Crippen molar-refractivity contribution in [2.24, 2.45) is 11.7 Å². The lowest BCUT2D eigenvalue weighted by atomic mass is 10.0. The molecule has 0 amide bonds. The molecule has 0 aromatic carbocycles. The Labute approximate surface area is 54.0 Å². The summed E-state index contributed by atoms with van der Waals surface area (Å²) in [5.74, 6) is -0.0164. The normalized spacial score (nSPS) is 34.2. The zero-order chi connectivity index (χ0) is 6.85. The maximum atomic E-state index is 12.6. The van der Waals surface area contributed by atoms with Gasteiger partial charge in [-0.3, -0.25) is 0 Å². The molecule has 2 N–H and O–H groups in total. The predicted molar refractivity (Wildman–Crippen MR) is 35.5 cm³/mol. The molecule has 1 rings (SSSR count). The van der Waals surface area contributed by atoms with Gasteiger partial charge in [0.2, 0.25) is 0 Å². The first kappa shape index (κ1) is 6.33. The van der Waals surface area contributed by atoms with Crippen LogP contribution in [0.15, 0.2) is 23.9 Å². The van der Waals surface area contributed by atoms with Crippen LogP contribution < -0.4 is 5.73 Å². The largest absolute Gasteiger partial charge is 0.399 e. The van der Waals surface area contributed by atoms with E-state index in [0.717, 1.165) is 0 Å². The Morgan fingerprint density at radius 3 is 2.78 bits per heavy atom. The first-order valence-electron chi connectivity index (χ1n) is 2.99. The van der Waals surface area contributed by atoms with Gasteiger partial charge in [-0.15, -0.1) is 0 Å². The van der Waals surface area contributed by atoms with Crippen LogP contribution in [0.5, 0.6) is 0 Å². The summed E-state index contributed by atoms with van der Waals surface area (Å²) in [5, 5.41) is 0. The molecule has 1 nitrogen and oxygen atoms in total. The molecule has 0 fully saturated rings. The Bertz CT molecular complexity index is 160. The van der Waals surface area contributed by atoms with Crippen LogP contribution in [0.3, 0.4) is 0 Å². The van der Waals surface area contributed by atoms with E-state index in [1.54, 1.807) is 12.2 Å². The number of alkyl halides is 1. The van der Waals surface area contributed by atoms with Gasteiger partial charge in [-0.1, -0.05) is 13.0 Å². The zero-order valence-corrected chi connectivity index (χ0v) is 5.34. The molecule has 2 heteroatoms. The van der Waals surface area contributed by atoms with Crippen molar-refractivity contribution >= 4 is 0 Å². The fourth-order valence-corrected chi connectivity index (χ4v) is 0.760. The third-order valence-electron chi connectivity index (χ3n) is 1.45. The number of allylic oxidation sites excluding steroid dienone is 3. The third kappa shape index (κ3) is 1.31. The summed E-state index contributed by atoms with van der Waals surface area (Å²) >= 11 is 0. The minimum absolute atomic E-state index is 0.0164. The number of hydrogen-bond donors (Lipinski definition) is 1. The van der Waals surface area contributed by atoms with Gasteiger partial charge >= 0.3 is 0 Å². The fraction of sp³-hybridized carbons (Fsp3) is 0.429. The van der Waals surface area contributed by atoms with Gasteiger partial charge in [-0.25, -0.2) is 4.39 Å². The van der Waals surface area contributed by atoms with E-state index in [1.165, 1.54) is 6.08 Å². The van der Waals surface area contributed by atoms with Crippen LogP contribution >= 0.6 is 0 Å². The Hall–Kier alpha value is -0.790. The van der Waals surface area contributed by atoms with E-state index in [1.807, 2.05) is 6.92 Å². The molecule has 0 aromatic rings. The number of rotatable bonds is 0. The quantitative estimate of drug-likeness (QED) is 0.522. The predicted octanol–water partition coefficient (Wildman–Crippen LogP) is 1.37. The fourth-order valence-electron chi connectivity index (χ4n) is 0.760. The molecule has 0 radical (unpaired) electrons. The summed E-state index contributed by atoms with van der Waals surface area (Å²) < 4.78 is 12.6. The summed E-state index contributed by atoms with van der Waals surface area (Å²) in [5.41, 5.74) is 5.85. The minimum Gasteiger partial charge on any atom is -0.399 e. The van der Waals surface area contributed by atoms with Crippen LogP contribution in [0.2, 0.25) is 0 Å². The molecule has 1 aliphatic rings. The van der Waals surface area contributed by atoms with E-state index >= 15 is 0 Å². The van der Waals surface area contributed by atoms with E-state index in [-0.39, 0.29) is 5.92 Å². The standard InChI is InChI=1S/C7H10FN/c1-5-2-3-6(9)4-7(5)8/h2-5,7H,9H2,1H3. The molecule has 0 heterocycles. The minimum atomic E-state index is -0.894. The molecule has 9 heavy (non-hydrogen) atoms. The van der Waals surface area contributed by atoms with Gasteiger partial charge < -0.3 is 5.73 Å². The van der Waals surface area contributed by atoms with Gasteiger partial charge in [0, 0.05) is 11.6 Å². The van der Waals surface area contributed by atoms with Crippen molar-refractivity contribution in [1.29, 1.82) is 0 Å². The molecule has 0 saturated carbocycles. The highest BCUT2D eigenvalue weighted by atomic mass is 19.1. The molecule has 2 unspecified atom stereocenters. The van der Waals surface area contributed by atoms with E-state index in [4.69, 9.17) is 5.73 Å². The molecule has 0 aromatic heterocycles. The highest BCUT2D eigenvalue weighted by molar-refractivity contribution is 5.22. The van der Waals surface area contributed by atoms with E-state index < -0.39 is 6.17 Å². The van der Waals surface area contributed by atoms with Gasteiger partial charge in [0.05, 0.1) is 0 Å². The van der Waals surface area contributed by atoms with Crippen molar-refractivity contribution in [3.8, 4) is 0 Å². The SMILES string of the molecule is CC1C=CC(N)=CC1F. The van der Waals surface area contributed by atoms with E-state index in [0.29, 0.717) is 5.70 Å². The average molecular weight is 127 g/mol. The van der Waals surface area contributed by atoms with Crippen LogP contribution in [-0.4, -0.2) is 6.17 Å². The Morgan fingerprint density at radius 1 is 1.67 bits per heavy atom. The van der Waals surface area contributed by atoms with Crippen LogP contribution in [0.4, 0.5) is 4.39 Å². The molecule has 0 spiro atoms. The Balaban J connectivity index is 2.70. The van der Waals surface area contributed by atoms with Gasteiger partial charge in [0.1, 0.15) is 6.17 Å². The summed E-state index contributed by atoms with van der Waals surface area (Å²) in [6.07, 6.45) is 4.06. The third-order valence-corrected chi connectivity index (χ3v) is 1.45. The second-order valence-electron chi connectivity index (χ2n) is 2.33. The zero-order valence-electron chi connectivity index (χ0n) is 5.34. The monoisotopic (exact) mass is 127 g/mol. The smallest absolute Gasteiger partial charge is 0.126 e. The summed E-state index contributed by atoms with van der Waals surface area (Å²) in [6, 6.07) is 0. The second kappa shape index (κ2) is 2.21. The van der Waals surface area contributed by atoms with Crippen LogP contribution in [0, 0.1) is 5.92 Å². The second-order valence-corrected chi connectivity index (χ2v) is 2.33. The van der Waals surface area contributed by atoms with Crippen molar-refractivity contribution in [2.45, 2.75) is 13.1 Å². The molecule has 0 saturated heterocycles. The molecule has 1 aliphatic carbocycles. The molecule has 0 bridgehead atoms. The van der Waals surface area contributed by atoms with Gasteiger partial charge in [-0.2, -0.15) is 0 Å². The van der Waals surface area contributed by atoms with Crippen LogP contribution in [0.25, 0.3) is 0 Å². The number of nitrogens with two attached hydrogens (primary N) is 1. The summed E-state index contributed by atoms with van der Waals surface area (Å²) in [4.78, 5) is 0. The Morgan fingerprint density at radius 2 is 2.33 bits per heavy atom. The lowest BCUT2D eigenvalue weighted by Gasteiger charge is -2.13. The van der Waals surface area contributed by atoms with Crippen molar-refractivity contribution in [2.75, 3.05) is 0 Å². The lowest BCUT2D eigenvalue weighted by molar-refractivity contribution is 0.332. The molecule has 50 valence electrons. The molecular weight excluding hydrogens is 117 g/mol. The van der Waals surface area contributed by atoms with Gasteiger partial charge in [0.15, 0.2) is 0 Å². The van der Waals surface area contributed by atoms with E-state index in [2.05, 4.69) is 0 Å². The van der Waals surface area contributed by atoms with E-state index in [9.17, 15) is 4.39 Å². The average Bonchev–Trinajstić information content (AvgIpc) is 1.80. The van der Waals surface area contributed by atoms with Crippen LogP contribution in [0.1, 0.15) is 6.92 Å². The molecule has 0 aliphatic heterocycles. The van der Waals surface area contributed by atoms with Crippen molar-refractivity contribution in [3.63, 3.8) is 0 Å². The van der Waals surface area contributed by atoms with Crippen molar-refractivity contribution < 1.29 is 4.39 Å². The molecular formula is C7H10FN. The molecule has 2 atom stereocenters. The van der Waals surface area contributed by atoms with Gasteiger partial charge in [-0.05, 0) is 12.2 Å². The first-order valence-corrected chi connectivity index (χ1v) is 2.99. The van der Waals surface area contributed by atoms with Gasteiger partial charge in [0.25, 0.3) is 0 Å². The number of hydrogen-bond acceptors (Lipinski definition) is 1. The Kier molecular flexibility index (Phi) is 1.56. The maximum absolute atomic E-state index is 12.6. The number of halogens is 1. The lowest BCUT2D eigenvalue weighted by Crippen LogP contribution is -2.13. The highest BCUT2D eigenvalue weighted by Gasteiger charge is 2.13. The summed E-state index contributed by atoms with van der Waals surface area (Å²) in [7, 11) is 0. The van der Waals surface area contributed by atoms with Crippen molar-refractivity contribution in [3.05, 3.63) is 23.9 Å². The maximum Gasteiger partial charge on any atom is 0.126 e. The topological polar surface area (TPSA) is 26.0 Å².